The second-order valence-corrected chi connectivity index (χ2v) is 5.37. The van der Waals surface area contributed by atoms with Crippen LogP contribution in [0.1, 0.15) is 18.4 Å². The van der Waals surface area contributed by atoms with Crippen LogP contribution >= 0.6 is 0 Å². The Morgan fingerprint density at radius 1 is 1.21 bits per heavy atom. The zero-order valence-electron chi connectivity index (χ0n) is 13.2. The first-order valence-corrected chi connectivity index (χ1v) is 7.50. The number of nitro groups is 1. The molecular weight excluding hydrogens is 313 g/mol. The summed E-state index contributed by atoms with van der Waals surface area (Å²) in [5, 5.41) is 16.2. The zero-order valence-corrected chi connectivity index (χ0v) is 13.2. The summed E-state index contributed by atoms with van der Waals surface area (Å²) >= 11 is 0. The molecule has 0 aliphatic carbocycles. The van der Waals surface area contributed by atoms with E-state index in [0.29, 0.717) is 13.0 Å². The minimum atomic E-state index is -0.460. The predicted octanol–water partition coefficient (Wildman–Crippen LogP) is 3.87. The van der Waals surface area contributed by atoms with Gasteiger partial charge in [-0.2, -0.15) is 0 Å². The number of nitro benzene ring substituents is 1. The average Bonchev–Trinajstić information content (AvgIpc) is 2.55. The molecule has 2 N–H and O–H groups in total. The smallest absolute Gasteiger partial charge is 0.269 e. The highest BCUT2D eigenvalue weighted by Crippen LogP contribution is 2.17. The van der Waals surface area contributed by atoms with E-state index in [1.54, 1.807) is 25.1 Å². The number of nitrogens with zero attached hydrogens (tertiary/aromatic N) is 1. The number of anilines is 2. The Kier molecular flexibility index (Phi) is 5.83. The van der Waals surface area contributed by atoms with Crippen molar-refractivity contribution in [3.8, 4) is 0 Å². The molecule has 0 saturated carbocycles. The van der Waals surface area contributed by atoms with E-state index in [4.69, 9.17) is 0 Å². The maximum atomic E-state index is 13.6. The molecule has 2 aromatic carbocycles. The summed E-state index contributed by atoms with van der Waals surface area (Å²) in [6, 6.07) is 10.7. The number of rotatable bonds is 7. The molecule has 0 aliphatic rings. The van der Waals surface area contributed by atoms with E-state index >= 15 is 0 Å². The summed E-state index contributed by atoms with van der Waals surface area (Å²) in [5.74, 6) is -0.712. The average molecular weight is 331 g/mol. The third-order valence-corrected chi connectivity index (χ3v) is 3.39. The first-order valence-electron chi connectivity index (χ1n) is 7.50. The fourth-order valence-electron chi connectivity index (χ4n) is 2.12. The lowest BCUT2D eigenvalue weighted by atomic mass is 10.2. The number of hydrogen-bond donors (Lipinski definition) is 2. The Bertz CT molecular complexity index is 732. The Morgan fingerprint density at radius 2 is 1.92 bits per heavy atom. The number of halogens is 1. The largest absolute Gasteiger partial charge is 0.385 e. The number of benzene rings is 2. The van der Waals surface area contributed by atoms with Gasteiger partial charge >= 0.3 is 0 Å². The van der Waals surface area contributed by atoms with Crippen LogP contribution in [-0.4, -0.2) is 17.4 Å². The van der Waals surface area contributed by atoms with Crippen LogP contribution in [0.15, 0.2) is 42.5 Å². The zero-order chi connectivity index (χ0) is 17.5. The molecule has 0 aromatic heterocycles. The number of non-ortho nitro benzene ring substituents is 1. The molecule has 2 rings (SSSR count). The maximum Gasteiger partial charge on any atom is 0.269 e. The fourth-order valence-corrected chi connectivity index (χ4v) is 2.12. The van der Waals surface area contributed by atoms with Gasteiger partial charge in [0.2, 0.25) is 5.91 Å². The SMILES string of the molecule is Cc1ccc(NC(=O)CCCNc2ccc([N+](=O)[O-])cc2)c(F)c1. The molecule has 0 aliphatic heterocycles. The van der Waals surface area contributed by atoms with Crippen molar-refractivity contribution in [3.05, 3.63) is 64.0 Å². The third kappa shape index (κ3) is 5.05. The van der Waals surface area contributed by atoms with Gasteiger partial charge in [0.05, 0.1) is 10.6 Å². The molecular formula is C17H18FN3O3. The van der Waals surface area contributed by atoms with Crippen LogP contribution in [0.2, 0.25) is 0 Å². The first-order chi connectivity index (χ1) is 11.5. The van der Waals surface area contributed by atoms with Gasteiger partial charge in [0.1, 0.15) is 5.82 Å². The van der Waals surface area contributed by atoms with E-state index in [1.807, 2.05) is 0 Å². The highest BCUT2D eigenvalue weighted by Gasteiger charge is 2.07. The summed E-state index contributed by atoms with van der Waals surface area (Å²) in [5.41, 5.74) is 1.73. The first kappa shape index (κ1) is 17.4. The minimum Gasteiger partial charge on any atom is -0.385 e. The second-order valence-electron chi connectivity index (χ2n) is 5.37. The van der Waals surface area contributed by atoms with Crippen LogP contribution < -0.4 is 10.6 Å². The number of amides is 1. The lowest BCUT2D eigenvalue weighted by Gasteiger charge is -2.08. The fraction of sp³-hybridized carbons (Fsp3) is 0.235. The topological polar surface area (TPSA) is 84.3 Å². The van der Waals surface area contributed by atoms with E-state index in [2.05, 4.69) is 10.6 Å². The molecule has 0 fully saturated rings. The lowest BCUT2D eigenvalue weighted by Crippen LogP contribution is -2.14. The van der Waals surface area contributed by atoms with Gasteiger partial charge in [0, 0.05) is 30.8 Å². The van der Waals surface area contributed by atoms with Crippen molar-refractivity contribution in [2.75, 3.05) is 17.2 Å². The van der Waals surface area contributed by atoms with Crippen molar-refractivity contribution in [1.29, 1.82) is 0 Å². The number of carbonyl (C=O) groups excluding carboxylic acids is 1. The van der Waals surface area contributed by atoms with E-state index < -0.39 is 10.7 Å². The standard InChI is InChI=1S/C17H18FN3O3/c1-12-4-9-16(15(18)11-12)20-17(22)3-2-10-19-13-5-7-14(8-6-13)21(23)24/h4-9,11,19H,2-3,10H2,1H3,(H,20,22). The molecule has 0 radical (unpaired) electrons. The van der Waals surface area contributed by atoms with Crippen molar-refractivity contribution in [3.63, 3.8) is 0 Å². The van der Waals surface area contributed by atoms with Gasteiger partial charge in [0.15, 0.2) is 0 Å². The summed E-state index contributed by atoms with van der Waals surface area (Å²) in [7, 11) is 0. The van der Waals surface area contributed by atoms with Crippen molar-refractivity contribution < 1.29 is 14.1 Å². The quantitative estimate of drug-likeness (QED) is 0.458. The van der Waals surface area contributed by atoms with Gasteiger partial charge in [-0.25, -0.2) is 4.39 Å². The molecule has 6 nitrogen and oxygen atoms in total. The summed E-state index contributed by atoms with van der Waals surface area (Å²) < 4.78 is 13.6. The molecule has 0 spiro atoms. The van der Waals surface area contributed by atoms with E-state index in [-0.39, 0.29) is 23.7 Å². The Hall–Kier alpha value is -2.96. The Morgan fingerprint density at radius 3 is 2.54 bits per heavy atom. The van der Waals surface area contributed by atoms with Gasteiger partial charge in [-0.05, 0) is 43.2 Å². The van der Waals surface area contributed by atoms with Crippen LogP contribution in [-0.2, 0) is 4.79 Å². The van der Waals surface area contributed by atoms with Gasteiger partial charge in [-0.15, -0.1) is 0 Å². The minimum absolute atomic E-state index is 0.0278. The third-order valence-electron chi connectivity index (χ3n) is 3.39. The monoisotopic (exact) mass is 331 g/mol. The second kappa shape index (κ2) is 8.05. The molecule has 7 heteroatoms. The van der Waals surface area contributed by atoms with Gasteiger partial charge in [-0.1, -0.05) is 6.07 Å². The maximum absolute atomic E-state index is 13.6. The van der Waals surface area contributed by atoms with Crippen LogP contribution in [0.5, 0.6) is 0 Å². The molecule has 1 amide bonds. The number of aryl methyl sites for hydroxylation is 1. The highest BCUT2D eigenvalue weighted by atomic mass is 19.1. The molecule has 2 aromatic rings. The number of nitrogens with one attached hydrogen (secondary N) is 2. The van der Waals surface area contributed by atoms with Crippen molar-refractivity contribution in [2.45, 2.75) is 19.8 Å². The lowest BCUT2D eigenvalue weighted by molar-refractivity contribution is -0.384. The van der Waals surface area contributed by atoms with E-state index in [9.17, 15) is 19.3 Å². The van der Waals surface area contributed by atoms with E-state index in [1.165, 1.54) is 24.3 Å². The Labute approximate surface area is 138 Å². The van der Waals surface area contributed by atoms with Crippen molar-refractivity contribution in [1.82, 2.24) is 0 Å². The highest BCUT2D eigenvalue weighted by molar-refractivity contribution is 5.90. The molecule has 0 saturated heterocycles. The van der Waals surface area contributed by atoms with E-state index in [0.717, 1.165) is 11.3 Å². The summed E-state index contributed by atoms with van der Waals surface area (Å²) in [4.78, 5) is 21.9. The van der Waals surface area contributed by atoms with Crippen LogP contribution in [0.3, 0.4) is 0 Å². The summed E-state index contributed by atoms with van der Waals surface area (Å²) in [6.07, 6.45) is 0.795. The predicted molar refractivity (Wildman–Crippen MR) is 90.6 cm³/mol. The van der Waals surface area contributed by atoms with Crippen molar-refractivity contribution >= 4 is 23.0 Å². The normalized spacial score (nSPS) is 10.2. The van der Waals surface area contributed by atoms with Gasteiger partial charge < -0.3 is 10.6 Å². The number of carbonyl (C=O) groups is 1. The number of hydrogen-bond acceptors (Lipinski definition) is 4. The van der Waals surface area contributed by atoms with Crippen LogP contribution in [0.25, 0.3) is 0 Å². The van der Waals surface area contributed by atoms with Crippen molar-refractivity contribution in [2.24, 2.45) is 0 Å². The van der Waals surface area contributed by atoms with Gasteiger partial charge in [-0.3, -0.25) is 14.9 Å². The Balaban J connectivity index is 1.73. The summed E-state index contributed by atoms with van der Waals surface area (Å²) in [6.45, 7) is 2.31. The van der Waals surface area contributed by atoms with Crippen LogP contribution in [0.4, 0.5) is 21.5 Å². The molecule has 24 heavy (non-hydrogen) atoms. The van der Waals surface area contributed by atoms with Gasteiger partial charge in [0.25, 0.3) is 5.69 Å². The molecule has 0 bridgehead atoms. The molecule has 0 heterocycles. The van der Waals surface area contributed by atoms with Crippen LogP contribution in [0, 0.1) is 22.9 Å². The molecule has 0 atom stereocenters. The molecule has 126 valence electrons. The molecule has 0 unspecified atom stereocenters.